The number of nitrogens with one attached hydrogen (secondary N) is 1. The topological polar surface area (TPSA) is 49.4 Å². The Hall–Kier alpha value is -2.62. The zero-order valence-corrected chi connectivity index (χ0v) is 15.0. The van der Waals surface area contributed by atoms with Crippen LogP contribution in [-0.2, 0) is 4.79 Å². The van der Waals surface area contributed by atoms with Gasteiger partial charge in [-0.1, -0.05) is 37.3 Å². The van der Waals surface area contributed by atoms with E-state index in [-0.39, 0.29) is 17.9 Å². The van der Waals surface area contributed by atoms with Crippen LogP contribution in [0, 0.1) is 11.8 Å². The van der Waals surface area contributed by atoms with Gasteiger partial charge in [0.05, 0.1) is 6.04 Å². The minimum atomic E-state index is -0.0581. The molecule has 2 aromatic rings. The van der Waals surface area contributed by atoms with Crippen LogP contribution in [0.1, 0.15) is 48.1 Å². The van der Waals surface area contributed by atoms with Gasteiger partial charge in [0, 0.05) is 24.2 Å². The molecule has 2 aromatic carbocycles. The summed E-state index contributed by atoms with van der Waals surface area (Å²) < 4.78 is 0. The van der Waals surface area contributed by atoms with E-state index in [4.69, 9.17) is 0 Å². The molecule has 0 spiro atoms. The lowest BCUT2D eigenvalue weighted by atomic mass is 10.0. The molecule has 3 unspecified atom stereocenters. The molecule has 1 heterocycles. The van der Waals surface area contributed by atoms with Crippen molar-refractivity contribution in [3.8, 4) is 0 Å². The molecular weight excluding hydrogens is 324 g/mol. The second-order valence-electron chi connectivity index (χ2n) is 7.43. The number of hydrogen-bond donors (Lipinski definition) is 1. The van der Waals surface area contributed by atoms with Gasteiger partial charge in [-0.2, -0.15) is 0 Å². The third-order valence-corrected chi connectivity index (χ3v) is 5.56. The van der Waals surface area contributed by atoms with Crippen molar-refractivity contribution >= 4 is 17.5 Å². The van der Waals surface area contributed by atoms with Gasteiger partial charge in [-0.15, -0.1) is 0 Å². The highest BCUT2D eigenvalue weighted by Crippen LogP contribution is 2.47. The normalized spacial score (nSPS) is 23.0. The Kier molecular flexibility index (Phi) is 4.49. The van der Waals surface area contributed by atoms with Gasteiger partial charge in [-0.3, -0.25) is 9.59 Å². The molecule has 4 heteroatoms. The summed E-state index contributed by atoms with van der Waals surface area (Å²) in [5.41, 5.74) is 2.67. The van der Waals surface area contributed by atoms with Crippen LogP contribution < -0.4 is 10.2 Å². The molecule has 134 valence electrons. The largest absolute Gasteiger partial charge is 0.345 e. The maximum Gasteiger partial charge on any atom is 0.251 e. The average Bonchev–Trinajstić information content (AvgIpc) is 3.23. The Morgan fingerprint density at radius 3 is 2.38 bits per heavy atom. The maximum absolute atomic E-state index is 12.8. The molecule has 2 amide bonds. The zero-order chi connectivity index (χ0) is 18.1. The van der Waals surface area contributed by atoms with Crippen molar-refractivity contribution in [1.82, 2.24) is 5.32 Å². The summed E-state index contributed by atoms with van der Waals surface area (Å²) in [6.07, 6.45) is 2.66. The van der Waals surface area contributed by atoms with E-state index in [0.717, 1.165) is 30.6 Å². The van der Waals surface area contributed by atoms with Gasteiger partial charge >= 0.3 is 0 Å². The molecule has 1 aliphatic carbocycles. The number of benzene rings is 2. The van der Waals surface area contributed by atoms with E-state index >= 15 is 0 Å². The van der Waals surface area contributed by atoms with Crippen molar-refractivity contribution in [2.75, 3.05) is 11.4 Å². The standard InChI is InChI=1S/C22H24N2O2/c1-15-14-19(15)21(16-6-3-2-4-7-16)23-22(26)17-9-11-18(12-10-17)24-13-5-8-20(24)25/h2-4,6-7,9-12,15,19,21H,5,8,13-14H2,1H3,(H,23,26). The predicted octanol–water partition coefficient (Wildman–Crippen LogP) is 3.94. The Balaban J connectivity index is 1.49. The number of carbonyl (C=O) groups excluding carboxylic acids is 2. The lowest BCUT2D eigenvalue weighted by Crippen LogP contribution is -2.30. The molecule has 1 aliphatic heterocycles. The Bertz CT molecular complexity index is 801. The highest BCUT2D eigenvalue weighted by atomic mass is 16.2. The lowest BCUT2D eigenvalue weighted by molar-refractivity contribution is -0.117. The summed E-state index contributed by atoms with van der Waals surface area (Å²) in [6.45, 7) is 2.99. The minimum absolute atomic E-state index is 0.0542. The molecule has 0 radical (unpaired) electrons. The third-order valence-electron chi connectivity index (χ3n) is 5.56. The molecule has 3 atom stereocenters. The monoisotopic (exact) mass is 348 g/mol. The molecule has 4 rings (SSSR count). The molecule has 26 heavy (non-hydrogen) atoms. The summed E-state index contributed by atoms with van der Waals surface area (Å²) in [7, 11) is 0. The summed E-state index contributed by atoms with van der Waals surface area (Å²) >= 11 is 0. The van der Waals surface area contributed by atoms with Crippen molar-refractivity contribution in [3.05, 3.63) is 65.7 Å². The molecule has 1 N–H and O–H groups in total. The van der Waals surface area contributed by atoms with Crippen LogP contribution in [0.25, 0.3) is 0 Å². The predicted molar refractivity (Wildman–Crippen MR) is 102 cm³/mol. The SMILES string of the molecule is CC1CC1C(NC(=O)c1ccc(N2CCCC2=O)cc1)c1ccccc1. The molecule has 1 saturated carbocycles. The Labute approximate surface area is 154 Å². The highest BCUT2D eigenvalue weighted by molar-refractivity contribution is 5.97. The quantitative estimate of drug-likeness (QED) is 0.890. The fraction of sp³-hybridized carbons (Fsp3) is 0.364. The van der Waals surface area contributed by atoms with E-state index in [0.29, 0.717) is 23.8 Å². The summed E-state index contributed by atoms with van der Waals surface area (Å²) in [5, 5.41) is 3.22. The Morgan fingerprint density at radius 2 is 1.81 bits per heavy atom. The maximum atomic E-state index is 12.8. The van der Waals surface area contributed by atoms with Crippen LogP contribution in [0.5, 0.6) is 0 Å². The van der Waals surface area contributed by atoms with Gasteiger partial charge in [-0.05, 0) is 54.5 Å². The van der Waals surface area contributed by atoms with Crippen LogP contribution >= 0.6 is 0 Å². The van der Waals surface area contributed by atoms with E-state index in [1.165, 1.54) is 0 Å². The average molecular weight is 348 g/mol. The van der Waals surface area contributed by atoms with E-state index in [1.807, 2.05) is 42.5 Å². The zero-order valence-electron chi connectivity index (χ0n) is 15.0. The van der Waals surface area contributed by atoms with Crippen molar-refractivity contribution in [2.24, 2.45) is 11.8 Å². The Morgan fingerprint density at radius 1 is 1.12 bits per heavy atom. The number of anilines is 1. The molecular formula is C22H24N2O2. The minimum Gasteiger partial charge on any atom is -0.345 e. The molecule has 4 nitrogen and oxygen atoms in total. The number of hydrogen-bond acceptors (Lipinski definition) is 2. The summed E-state index contributed by atoms with van der Waals surface area (Å²) in [5.74, 6) is 1.25. The molecule has 2 aliphatic rings. The van der Waals surface area contributed by atoms with Crippen LogP contribution in [0.4, 0.5) is 5.69 Å². The number of rotatable bonds is 5. The number of carbonyl (C=O) groups is 2. The van der Waals surface area contributed by atoms with Gasteiger partial charge in [0.25, 0.3) is 5.91 Å². The first-order chi connectivity index (χ1) is 12.6. The van der Waals surface area contributed by atoms with Crippen molar-refractivity contribution in [3.63, 3.8) is 0 Å². The first-order valence-corrected chi connectivity index (χ1v) is 9.40. The van der Waals surface area contributed by atoms with Gasteiger partial charge in [0.15, 0.2) is 0 Å². The highest BCUT2D eigenvalue weighted by Gasteiger charge is 2.41. The number of nitrogens with zero attached hydrogens (tertiary/aromatic N) is 1. The molecule has 1 saturated heterocycles. The lowest BCUT2D eigenvalue weighted by Gasteiger charge is -2.20. The van der Waals surface area contributed by atoms with E-state index in [9.17, 15) is 9.59 Å². The van der Waals surface area contributed by atoms with Crippen LogP contribution in [0.3, 0.4) is 0 Å². The van der Waals surface area contributed by atoms with Gasteiger partial charge in [-0.25, -0.2) is 0 Å². The van der Waals surface area contributed by atoms with Crippen molar-refractivity contribution < 1.29 is 9.59 Å². The van der Waals surface area contributed by atoms with Gasteiger partial charge < -0.3 is 10.2 Å². The first-order valence-electron chi connectivity index (χ1n) is 9.40. The van der Waals surface area contributed by atoms with Crippen LogP contribution in [-0.4, -0.2) is 18.4 Å². The van der Waals surface area contributed by atoms with Gasteiger partial charge in [0.1, 0.15) is 0 Å². The van der Waals surface area contributed by atoms with E-state index in [2.05, 4.69) is 24.4 Å². The van der Waals surface area contributed by atoms with E-state index in [1.54, 1.807) is 4.90 Å². The van der Waals surface area contributed by atoms with Crippen LogP contribution in [0.15, 0.2) is 54.6 Å². The molecule has 2 fully saturated rings. The van der Waals surface area contributed by atoms with Crippen molar-refractivity contribution in [2.45, 2.75) is 32.2 Å². The second-order valence-corrected chi connectivity index (χ2v) is 7.43. The third kappa shape index (κ3) is 3.36. The van der Waals surface area contributed by atoms with Crippen LogP contribution in [0.2, 0.25) is 0 Å². The second kappa shape index (κ2) is 6.94. The number of amides is 2. The molecule has 0 bridgehead atoms. The van der Waals surface area contributed by atoms with Gasteiger partial charge in [0.2, 0.25) is 5.91 Å². The summed E-state index contributed by atoms with van der Waals surface area (Å²) in [4.78, 5) is 26.4. The summed E-state index contributed by atoms with van der Waals surface area (Å²) in [6, 6.07) is 17.6. The smallest absolute Gasteiger partial charge is 0.251 e. The first kappa shape index (κ1) is 16.8. The van der Waals surface area contributed by atoms with Crippen molar-refractivity contribution in [1.29, 1.82) is 0 Å². The van der Waals surface area contributed by atoms with E-state index < -0.39 is 0 Å². The fourth-order valence-corrected chi connectivity index (χ4v) is 3.85. The molecule has 0 aromatic heterocycles. The fourth-order valence-electron chi connectivity index (χ4n) is 3.85.